The van der Waals surface area contributed by atoms with Gasteiger partial charge in [-0.15, -0.1) is 0 Å². The van der Waals surface area contributed by atoms with Gasteiger partial charge in [0.05, 0.1) is 6.61 Å². The van der Waals surface area contributed by atoms with E-state index in [1.165, 1.54) is 14.2 Å². The van der Waals surface area contributed by atoms with E-state index in [-0.39, 0.29) is 12.4 Å². The van der Waals surface area contributed by atoms with Gasteiger partial charge in [0.2, 0.25) is 0 Å². The Bertz CT molecular complexity index is 173. The number of rotatable bonds is 8. The zero-order chi connectivity index (χ0) is 11.0. The van der Waals surface area contributed by atoms with Crippen molar-refractivity contribution in [2.24, 2.45) is 5.73 Å². The van der Waals surface area contributed by atoms with Crippen LogP contribution in [0.15, 0.2) is 12.3 Å². The molecule has 0 radical (unpaired) electrons. The molecule has 0 aliphatic rings. The molecular formula is C8H19NO4Si. The van der Waals surface area contributed by atoms with Crippen molar-refractivity contribution in [3.8, 4) is 0 Å². The third-order valence-corrected chi connectivity index (χ3v) is 4.56. The summed E-state index contributed by atoms with van der Waals surface area (Å²) in [5, 5.41) is 8.90. The van der Waals surface area contributed by atoms with E-state index >= 15 is 0 Å². The van der Waals surface area contributed by atoms with Crippen molar-refractivity contribution < 1.29 is 18.4 Å². The van der Waals surface area contributed by atoms with Gasteiger partial charge in [-0.05, 0) is 13.0 Å². The molecule has 0 fully saturated rings. The predicted molar refractivity (Wildman–Crippen MR) is 56.0 cm³/mol. The van der Waals surface area contributed by atoms with Crippen LogP contribution in [0.4, 0.5) is 0 Å². The van der Waals surface area contributed by atoms with Crippen molar-refractivity contribution in [1.29, 1.82) is 0 Å². The van der Waals surface area contributed by atoms with Crippen molar-refractivity contribution in [3.63, 3.8) is 0 Å². The van der Waals surface area contributed by atoms with Crippen LogP contribution < -0.4 is 5.73 Å². The molecule has 0 saturated heterocycles. The molecule has 0 spiro atoms. The maximum Gasteiger partial charge on any atom is 0.500 e. The standard InChI is InChI=1S/C8H19NO4Si/c1-8(10)7-13-14(11-2,12-3)6-4-5-9/h10H,1,4-7,9H2,2-3H3. The Morgan fingerprint density at radius 1 is 1.43 bits per heavy atom. The largest absolute Gasteiger partial charge is 0.511 e. The lowest BCUT2D eigenvalue weighted by atomic mass is 10.5. The third kappa shape index (κ3) is 4.73. The summed E-state index contributed by atoms with van der Waals surface area (Å²) in [4.78, 5) is 0. The fraction of sp³-hybridized carbons (Fsp3) is 0.750. The van der Waals surface area contributed by atoms with E-state index in [0.29, 0.717) is 12.6 Å². The van der Waals surface area contributed by atoms with E-state index in [1.54, 1.807) is 0 Å². The lowest BCUT2D eigenvalue weighted by Gasteiger charge is -2.25. The SMILES string of the molecule is C=C(O)CO[Si](CCCN)(OC)OC. The topological polar surface area (TPSA) is 73.9 Å². The molecule has 0 aliphatic carbocycles. The van der Waals surface area contributed by atoms with Gasteiger partial charge in [-0.2, -0.15) is 0 Å². The van der Waals surface area contributed by atoms with Gasteiger partial charge in [0.15, 0.2) is 0 Å². The zero-order valence-corrected chi connectivity index (χ0v) is 9.78. The Labute approximate surface area is 85.8 Å². The molecule has 0 amide bonds. The second kappa shape index (κ2) is 6.96. The fourth-order valence-corrected chi connectivity index (χ4v) is 2.97. The van der Waals surface area contributed by atoms with Gasteiger partial charge >= 0.3 is 8.80 Å². The molecule has 0 unspecified atom stereocenters. The van der Waals surface area contributed by atoms with E-state index in [9.17, 15) is 0 Å². The summed E-state index contributed by atoms with van der Waals surface area (Å²) in [6.07, 6.45) is 0.770. The lowest BCUT2D eigenvalue weighted by Crippen LogP contribution is -2.44. The number of aliphatic hydroxyl groups is 1. The number of hydrogen-bond donors (Lipinski definition) is 2. The number of aliphatic hydroxyl groups excluding tert-OH is 1. The van der Waals surface area contributed by atoms with Crippen molar-refractivity contribution in [1.82, 2.24) is 0 Å². The van der Waals surface area contributed by atoms with Gasteiger partial charge in [0, 0.05) is 20.3 Å². The Morgan fingerprint density at radius 3 is 2.36 bits per heavy atom. The maximum atomic E-state index is 8.90. The summed E-state index contributed by atoms with van der Waals surface area (Å²) < 4.78 is 15.8. The summed E-state index contributed by atoms with van der Waals surface area (Å²) >= 11 is 0. The summed E-state index contributed by atoms with van der Waals surface area (Å²) in [6, 6.07) is 0.643. The van der Waals surface area contributed by atoms with Gasteiger partial charge < -0.3 is 24.1 Å². The van der Waals surface area contributed by atoms with Gasteiger partial charge in [-0.1, -0.05) is 6.58 Å². The van der Waals surface area contributed by atoms with Gasteiger partial charge in [-0.3, -0.25) is 0 Å². The molecule has 5 nitrogen and oxygen atoms in total. The average molecular weight is 221 g/mol. The van der Waals surface area contributed by atoms with Crippen molar-refractivity contribution in [3.05, 3.63) is 12.3 Å². The van der Waals surface area contributed by atoms with Crippen LogP contribution in [0.5, 0.6) is 0 Å². The molecule has 0 rings (SSSR count). The average Bonchev–Trinajstić information content (AvgIpc) is 2.19. The molecule has 84 valence electrons. The Morgan fingerprint density at radius 2 is 2.00 bits per heavy atom. The molecular weight excluding hydrogens is 202 g/mol. The highest BCUT2D eigenvalue weighted by Crippen LogP contribution is 2.16. The molecule has 14 heavy (non-hydrogen) atoms. The first kappa shape index (κ1) is 13.6. The first-order valence-corrected chi connectivity index (χ1v) is 6.34. The van der Waals surface area contributed by atoms with Crippen LogP contribution in [-0.2, 0) is 13.3 Å². The van der Waals surface area contributed by atoms with E-state index < -0.39 is 8.80 Å². The van der Waals surface area contributed by atoms with Crippen LogP contribution in [0, 0.1) is 0 Å². The summed E-state index contributed by atoms with van der Waals surface area (Å²) in [6.45, 7) is 3.92. The summed E-state index contributed by atoms with van der Waals surface area (Å²) in [5.74, 6) is -0.0382. The quantitative estimate of drug-likeness (QED) is 0.465. The van der Waals surface area contributed by atoms with Crippen molar-refractivity contribution in [2.75, 3.05) is 27.4 Å². The molecule has 0 heterocycles. The Kier molecular flexibility index (Phi) is 6.76. The minimum atomic E-state index is -2.63. The molecule has 0 aromatic heterocycles. The van der Waals surface area contributed by atoms with Crippen LogP contribution in [-0.4, -0.2) is 41.3 Å². The lowest BCUT2D eigenvalue weighted by molar-refractivity contribution is 0.0961. The highest BCUT2D eigenvalue weighted by atomic mass is 28.4. The minimum absolute atomic E-state index is 0.0382. The monoisotopic (exact) mass is 221 g/mol. The van der Waals surface area contributed by atoms with Crippen LogP contribution in [0.3, 0.4) is 0 Å². The van der Waals surface area contributed by atoms with Crippen LogP contribution in [0.2, 0.25) is 6.04 Å². The first-order chi connectivity index (χ1) is 6.60. The fourth-order valence-electron chi connectivity index (χ4n) is 0.989. The van der Waals surface area contributed by atoms with E-state index in [1.807, 2.05) is 0 Å². The molecule has 0 aromatic carbocycles. The predicted octanol–water partition coefficient (Wildman–Crippen LogP) is 0.655. The highest BCUT2D eigenvalue weighted by molar-refractivity contribution is 6.60. The first-order valence-electron chi connectivity index (χ1n) is 4.41. The molecule has 0 aliphatic heterocycles. The summed E-state index contributed by atoms with van der Waals surface area (Å²) in [5.41, 5.74) is 5.39. The van der Waals surface area contributed by atoms with Gasteiger partial charge in [-0.25, -0.2) is 0 Å². The second-order valence-electron chi connectivity index (χ2n) is 2.84. The van der Waals surface area contributed by atoms with Crippen molar-refractivity contribution >= 4 is 8.80 Å². The van der Waals surface area contributed by atoms with Crippen LogP contribution >= 0.6 is 0 Å². The smallest absolute Gasteiger partial charge is 0.500 e. The van der Waals surface area contributed by atoms with Crippen LogP contribution in [0.25, 0.3) is 0 Å². The highest BCUT2D eigenvalue weighted by Gasteiger charge is 2.38. The number of hydrogen-bond acceptors (Lipinski definition) is 5. The Balaban J connectivity index is 4.13. The zero-order valence-electron chi connectivity index (χ0n) is 8.78. The molecule has 0 bridgehead atoms. The van der Waals surface area contributed by atoms with Crippen molar-refractivity contribution in [2.45, 2.75) is 12.5 Å². The molecule has 0 saturated carbocycles. The van der Waals surface area contributed by atoms with Gasteiger partial charge in [0.25, 0.3) is 0 Å². The molecule has 6 heteroatoms. The minimum Gasteiger partial charge on any atom is -0.511 e. The number of nitrogens with two attached hydrogens (primary N) is 1. The Hall–Kier alpha value is -0.403. The van der Waals surface area contributed by atoms with Gasteiger partial charge in [0.1, 0.15) is 5.76 Å². The molecule has 0 aromatic rings. The third-order valence-electron chi connectivity index (χ3n) is 1.77. The van der Waals surface area contributed by atoms with E-state index in [2.05, 4.69) is 6.58 Å². The molecule has 3 N–H and O–H groups in total. The molecule has 0 atom stereocenters. The van der Waals surface area contributed by atoms with E-state index in [0.717, 1.165) is 6.42 Å². The second-order valence-corrected chi connectivity index (χ2v) is 5.81. The van der Waals surface area contributed by atoms with Crippen LogP contribution in [0.1, 0.15) is 6.42 Å². The normalized spacial score (nSPS) is 11.6. The maximum absolute atomic E-state index is 8.90. The summed E-state index contributed by atoms with van der Waals surface area (Å²) in [7, 11) is 0.440. The van der Waals surface area contributed by atoms with E-state index in [4.69, 9.17) is 24.1 Å².